The molecule has 0 bridgehead atoms. The predicted molar refractivity (Wildman–Crippen MR) is 112 cm³/mol. The van der Waals surface area contributed by atoms with Gasteiger partial charge in [-0.2, -0.15) is 4.31 Å². The van der Waals surface area contributed by atoms with E-state index in [-0.39, 0.29) is 16.9 Å². The molecule has 1 aliphatic heterocycles. The van der Waals surface area contributed by atoms with Crippen molar-refractivity contribution in [2.45, 2.75) is 31.8 Å². The summed E-state index contributed by atoms with van der Waals surface area (Å²) in [4.78, 5) is 14.9. The van der Waals surface area contributed by atoms with E-state index in [4.69, 9.17) is 4.74 Å². The zero-order valence-electron chi connectivity index (χ0n) is 17.2. The number of sulfonamides is 1. The van der Waals surface area contributed by atoms with E-state index in [2.05, 4.69) is 0 Å². The summed E-state index contributed by atoms with van der Waals surface area (Å²) in [5, 5.41) is 0. The fourth-order valence-electron chi connectivity index (χ4n) is 3.48. The van der Waals surface area contributed by atoms with Crippen LogP contribution in [0.4, 0.5) is 0 Å². The Morgan fingerprint density at radius 1 is 1.07 bits per heavy atom. The summed E-state index contributed by atoms with van der Waals surface area (Å²) >= 11 is 0. The number of hydrogen-bond acceptors (Lipinski definition) is 4. The van der Waals surface area contributed by atoms with Crippen LogP contribution in [0.2, 0.25) is 0 Å². The van der Waals surface area contributed by atoms with E-state index in [1.165, 1.54) is 22.0 Å². The number of rotatable bonds is 6. The van der Waals surface area contributed by atoms with Crippen LogP contribution in [0.5, 0.6) is 0 Å². The van der Waals surface area contributed by atoms with Crippen molar-refractivity contribution in [3.8, 4) is 0 Å². The van der Waals surface area contributed by atoms with Crippen molar-refractivity contribution < 1.29 is 17.9 Å². The maximum absolute atomic E-state index is 12.9. The molecule has 1 aliphatic rings. The highest BCUT2D eigenvalue weighted by atomic mass is 32.2. The van der Waals surface area contributed by atoms with Crippen LogP contribution in [0.15, 0.2) is 53.4 Å². The lowest BCUT2D eigenvalue weighted by Gasteiger charge is -2.33. The Labute approximate surface area is 173 Å². The predicted octanol–water partition coefficient (Wildman–Crippen LogP) is 3.24. The lowest BCUT2D eigenvalue weighted by Crippen LogP contribution is -2.42. The molecule has 0 saturated carbocycles. The molecule has 0 aromatic heterocycles. The van der Waals surface area contributed by atoms with Crippen molar-refractivity contribution in [1.82, 2.24) is 9.21 Å². The van der Waals surface area contributed by atoms with Crippen LogP contribution in [-0.4, -0.2) is 56.3 Å². The highest BCUT2D eigenvalue weighted by molar-refractivity contribution is 7.89. The van der Waals surface area contributed by atoms with Crippen molar-refractivity contribution in [3.63, 3.8) is 0 Å². The van der Waals surface area contributed by atoms with Gasteiger partial charge < -0.3 is 9.64 Å². The Bertz CT molecular complexity index is 936. The van der Waals surface area contributed by atoms with Gasteiger partial charge in [-0.15, -0.1) is 0 Å². The summed E-state index contributed by atoms with van der Waals surface area (Å²) in [7, 11) is -3.53. The lowest BCUT2D eigenvalue weighted by molar-refractivity contribution is -0.0228. The maximum Gasteiger partial charge on any atom is 0.254 e. The Kier molecular flexibility index (Phi) is 6.72. The van der Waals surface area contributed by atoms with Gasteiger partial charge in [0.1, 0.15) is 6.10 Å². The van der Waals surface area contributed by atoms with E-state index in [1.54, 1.807) is 17.0 Å². The summed E-state index contributed by atoms with van der Waals surface area (Å²) < 4.78 is 32.5. The molecule has 29 heavy (non-hydrogen) atoms. The van der Waals surface area contributed by atoms with Gasteiger partial charge in [-0.25, -0.2) is 8.42 Å². The zero-order valence-corrected chi connectivity index (χ0v) is 18.0. The largest absolute Gasteiger partial charge is 0.370 e. The van der Waals surface area contributed by atoms with Gasteiger partial charge >= 0.3 is 0 Å². The fraction of sp³-hybridized carbons (Fsp3) is 0.409. The average molecular weight is 417 g/mol. The second-order valence-corrected chi connectivity index (χ2v) is 9.07. The minimum absolute atomic E-state index is 0.114. The van der Waals surface area contributed by atoms with Crippen molar-refractivity contribution in [1.29, 1.82) is 0 Å². The molecule has 1 saturated heterocycles. The molecule has 1 unspecified atom stereocenters. The topological polar surface area (TPSA) is 66.9 Å². The average Bonchev–Trinajstić information content (AvgIpc) is 2.74. The number of carbonyl (C=O) groups excluding carboxylic acids is 1. The molecule has 3 rings (SSSR count). The summed E-state index contributed by atoms with van der Waals surface area (Å²) in [6.07, 6.45) is -0.157. The van der Waals surface area contributed by atoms with Crippen LogP contribution >= 0.6 is 0 Å². The summed E-state index contributed by atoms with van der Waals surface area (Å²) in [5.74, 6) is -0.114. The molecule has 1 amide bonds. The molecule has 2 aromatic carbocycles. The minimum atomic E-state index is -3.53. The normalized spacial score (nSPS) is 17.5. The molecule has 0 spiro atoms. The van der Waals surface area contributed by atoms with Crippen LogP contribution in [0.3, 0.4) is 0 Å². The third-order valence-corrected chi connectivity index (χ3v) is 7.31. The van der Waals surface area contributed by atoms with Crippen LogP contribution in [0, 0.1) is 6.92 Å². The summed E-state index contributed by atoms with van der Waals surface area (Å²) in [6, 6.07) is 14.3. The van der Waals surface area contributed by atoms with Gasteiger partial charge in [-0.3, -0.25) is 4.79 Å². The lowest BCUT2D eigenvalue weighted by atomic mass is 10.1. The quantitative estimate of drug-likeness (QED) is 0.725. The first-order chi connectivity index (χ1) is 13.9. The molecule has 0 radical (unpaired) electrons. The molecule has 7 heteroatoms. The van der Waals surface area contributed by atoms with Crippen LogP contribution in [0.25, 0.3) is 0 Å². The number of aryl methyl sites for hydroxylation is 1. The van der Waals surface area contributed by atoms with E-state index < -0.39 is 10.0 Å². The van der Waals surface area contributed by atoms with Gasteiger partial charge in [0.05, 0.1) is 18.0 Å². The molecule has 0 aliphatic carbocycles. The van der Waals surface area contributed by atoms with Crippen molar-refractivity contribution in [2.75, 3.05) is 32.8 Å². The Morgan fingerprint density at radius 2 is 1.69 bits per heavy atom. The summed E-state index contributed by atoms with van der Waals surface area (Å²) in [6.45, 7) is 7.93. The van der Waals surface area contributed by atoms with E-state index in [9.17, 15) is 13.2 Å². The SMILES string of the molecule is CCN(CC)S(=O)(=O)c1ccc(C(=O)N2CCOC(c3ccc(C)cc3)C2)cc1. The number of ether oxygens (including phenoxy) is 1. The van der Waals surface area contributed by atoms with Crippen LogP contribution in [-0.2, 0) is 14.8 Å². The highest BCUT2D eigenvalue weighted by Gasteiger charge is 2.27. The second kappa shape index (κ2) is 9.07. The number of morpholine rings is 1. The summed E-state index contributed by atoms with van der Waals surface area (Å²) in [5.41, 5.74) is 2.71. The Morgan fingerprint density at radius 3 is 2.28 bits per heavy atom. The fourth-order valence-corrected chi connectivity index (χ4v) is 4.94. The Balaban J connectivity index is 1.74. The van der Waals surface area contributed by atoms with E-state index in [0.717, 1.165) is 5.56 Å². The molecule has 1 atom stereocenters. The molecule has 156 valence electrons. The number of benzene rings is 2. The van der Waals surface area contributed by atoms with Gasteiger partial charge in [0.25, 0.3) is 5.91 Å². The van der Waals surface area contributed by atoms with E-state index in [1.807, 2.05) is 45.0 Å². The van der Waals surface area contributed by atoms with Crippen molar-refractivity contribution in [3.05, 3.63) is 65.2 Å². The monoisotopic (exact) mass is 416 g/mol. The van der Waals surface area contributed by atoms with Gasteiger partial charge in [-0.1, -0.05) is 43.7 Å². The molecule has 0 N–H and O–H groups in total. The van der Waals surface area contributed by atoms with Crippen molar-refractivity contribution >= 4 is 15.9 Å². The smallest absolute Gasteiger partial charge is 0.254 e. The highest BCUT2D eigenvalue weighted by Crippen LogP contribution is 2.24. The minimum Gasteiger partial charge on any atom is -0.370 e. The number of nitrogens with zero attached hydrogens (tertiary/aromatic N) is 2. The first-order valence-electron chi connectivity index (χ1n) is 9.94. The van der Waals surface area contributed by atoms with Gasteiger partial charge in [-0.05, 0) is 36.8 Å². The van der Waals surface area contributed by atoms with Crippen LogP contribution < -0.4 is 0 Å². The maximum atomic E-state index is 12.9. The van der Waals surface area contributed by atoms with Crippen molar-refractivity contribution in [2.24, 2.45) is 0 Å². The standard InChI is InChI=1S/C22H28N2O4S/c1-4-24(5-2)29(26,27)20-12-10-19(11-13-20)22(25)23-14-15-28-21(16-23)18-8-6-17(3)7-9-18/h6-13,21H,4-5,14-16H2,1-3H3. The number of hydrogen-bond donors (Lipinski definition) is 0. The van der Waals surface area contributed by atoms with Gasteiger partial charge in [0.15, 0.2) is 0 Å². The van der Waals surface area contributed by atoms with Crippen LogP contribution in [0.1, 0.15) is 41.4 Å². The third kappa shape index (κ3) is 4.69. The molecule has 1 heterocycles. The third-order valence-electron chi connectivity index (χ3n) is 5.25. The molecule has 6 nitrogen and oxygen atoms in total. The van der Waals surface area contributed by atoms with E-state index in [0.29, 0.717) is 38.3 Å². The molecular formula is C22H28N2O4S. The molecule has 2 aromatic rings. The molecule has 1 fully saturated rings. The number of amides is 1. The van der Waals surface area contributed by atoms with Gasteiger partial charge in [0.2, 0.25) is 10.0 Å². The van der Waals surface area contributed by atoms with Gasteiger partial charge in [0, 0.05) is 25.2 Å². The number of carbonyl (C=O) groups is 1. The molecular weight excluding hydrogens is 388 g/mol. The second-order valence-electron chi connectivity index (χ2n) is 7.13. The Hall–Kier alpha value is -2.22. The first kappa shape index (κ1) is 21.5. The van der Waals surface area contributed by atoms with E-state index >= 15 is 0 Å². The zero-order chi connectivity index (χ0) is 21.0. The first-order valence-corrected chi connectivity index (χ1v) is 11.4.